The Morgan fingerprint density at radius 1 is 1.17 bits per heavy atom. The second-order valence-electron chi connectivity index (χ2n) is 5.38. The van der Waals surface area contributed by atoms with Crippen molar-refractivity contribution in [1.82, 2.24) is 0 Å². The SMILES string of the molecule is NS(=O)(=O)c1cc2c(cc1Br)CCN2Cc1ccc(Cl)c(Cl)c1. The third kappa shape index (κ3) is 3.51. The van der Waals surface area contributed by atoms with E-state index in [2.05, 4.69) is 20.8 Å². The van der Waals surface area contributed by atoms with Gasteiger partial charge >= 0.3 is 0 Å². The predicted octanol–water partition coefficient (Wildman–Crippen LogP) is 3.97. The highest BCUT2D eigenvalue weighted by molar-refractivity contribution is 9.10. The van der Waals surface area contributed by atoms with Crippen molar-refractivity contribution >= 4 is 54.8 Å². The van der Waals surface area contributed by atoms with Crippen LogP contribution >= 0.6 is 39.1 Å². The zero-order valence-corrected chi connectivity index (χ0v) is 15.8. The smallest absolute Gasteiger partial charge is 0.239 e. The number of anilines is 1. The molecule has 1 aliphatic rings. The molecule has 122 valence electrons. The van der Waals surface area contributed by atoms with Crippen molar-refractivity contribution in [3.8, 4) is 0 Å². The number of fused-ring (bicyclic) bond motifs is 1. The van der Waals surface area contributed by atoms with E-state index in [4.69, 9.17) is 28.3 Å². The molecule has 0 aliphatic carbocycles. The van der Waals surface area contributed by atoms with E-state index in [0.717, 1.165) is 29.8 Å². The molecule has 0 unspecified atom stereocenters. The molecule has 0 aromatic heterocycles. The Labute approximate surface area is 153 Å². The first-order valence-corrected chi connectivity index (χ1v) is 9.89. The number of hydrogen-bond donors (Lipinski definition) is 1. The molecule has 2 N–H and O–H groups in total. The van der Waals surface area contributed by atoms with Crippen molar-refractivity contribution in [2.24, 2.45) is 5.14 Å². The summed E-state index contributed by atoms with van der Waals surface area (Å²) in [5.74, 6) is 0. The molecule has 0 bridgehead atoms. The fourth-order valence-corrected chi connectivity index (χ4v) is 4.69. The van der Waals surface area contributed by atoms with Gasteiger partial charge in [-0.2, -0.15) is 0 Å². The maximum absolute atomic E-state index is 11.7. The Hall–Kier alpha value is -0.790. The minimum atomic E-state index is -3.78. The van der Waals surface area contributed by atoms with E-state index in [1.54, 1.807) is 12.1 Å². The van der Waals surface area contributed by atoms with E-state index in [-0.39, 0.29) is 4.90 Å². The Kier molecular flexibility index (Phi) is 4.64. The molecule has 1 heterocycles. The lowest BCUT2D eigenvalue weighted by Gasteiger charge is -2.20. The fourth-order valence-electron chi connectivity index (χ4n) is 2.69. The quantitative estimate of drug-likeness (QED) is 0.793. The maximum atomic E-state index is 11.7. The van der Waals surface area contributed by atoms with Crippen molar-refractivity contribution in [2.75, 3.05) is 11.4 Å². The highest BCUT2D eigenvalue weighted by atomic mass is 79.9. The fraction of sp³-hybridized carbons (Fsp3) is 0.200. The van der Waals surface area contributed by atoms with Crippen LogP contribution in [0.4, 0.5) is 5.69 Å². The van der Waals surface area contributed by atoms with Crippen molar-refractivity contribution in [3.63, 3.8) is 0 Å². The molecule has 1 aliphatic heterocycles. The molecule has 0 saturated carbocycles. The highest BCUT2D eigenvalue weighted by Crippen LogP contribution is 2.36. The van der Waals surface area contributed by atoms with Crippen LogP contribution in [0.5, 0.6) is 0 Å². The minimum Gasteiger partial charge on any atom is -0.367 e. The van der Waals surface area contributed by atoms with Gasteiger partial charge in [-0.15, -0.1) is 0 Å². The number of primary sulfonamides is 1. The van der Waals surface area contributed by atoms with E-state index in [1.165, 1.54) is 0 Å². The van der Waals surface area contributed by atoms with Crippen molar-refractivity contribution in [2.45, 2.75) is 17.9 Å². The monoisotopic (exact) mass is 434 g/mol. The molecule has 0 atom stereocenters. The standard InChI is InChI=1S/C15H13BrCl2N2O2S/c16-11-6-10-3-4-20(14(10)7-15(11)23(19,21)22)8-9-1-2-12(17)13(18)5-9/h1-2,5-7H,3-4,8H2,(H2,19,21,22). The van der Waals surface area contributed by atoms with Gasteiger partial charge < -0.3 is 4.90 Å². The summed E-state index contributed by atoms with van der Waals surface area (Å²) in [5, 5.41) is 6.29. The summed E-state index contributed by atoms with van der Waals surface area (Å²) >= 11 is 15.3. The van der Waals surface area contributed by atoms with Crippen LogP contribution in [0.15, 0.2) is 39.7 Å². The Balaban J connectivity index is 1.96. The number of benzene rings is 2. The van der Waals surface area contributed by atoms with Gasteiger partial charge in [0.05, 0.1) is 14.9 Å². The molecule has 3 rings (SSSR count). The molecule has 0 amide bonds. The lowest BCUT2D eigenvalue weighted by molar-refractivity contribution is 0.597. The van der Waals surface area contributed by atoms with Crippen LogP contribution in [0.3, 0.4) is 0 Å². The van der Waals surface area contributed by atoms with Gasteiger partial charge in [-0.3, -0.25) is 0 Å². The molecule has 2 aromatic carbocycles. The highest BCUT2D eigenvalue weighted by Gasteiger charge is 2.24. The van der Waals surface area contributed by atoms with Gasteiger partial charge in [0.1, 0.15) is 0 Å². The third-order valence-corrected chi connectivity index (χ3v) is 6.40. The van der Waals surface area contributed by atoms with Gasteiger partial charge in [0.25, 0.3) is 0 Å². The van der Waals surface area contributed by atoms with E-state index in [9.17, 15) is 8.42 Å². The lowest BCUT2D eigenvalue weighted by atomic mass is 10.1. The van der Waals surface area contributed by atoms with Gasteiger partial charge in [0, 0.05) is 23.2 Å². The second kappa shape index (κ2) is 6.26. The maximum Gasteiger partial charge on any atom is 0.239 e. The molecular weight excluding hydrogens is 423 g/mol. The summed E-state index contributed by atoms with van der Waals surface area (Å²) in [6.45, 7) is 1.42. The summed E-state index contributed by atoms with van der Waals surface area (Å²) < 4.78 is 23.9. The van der Waals surface area contributed by atoms with Crippen LogP contribution in [0, 0.1) is 0 Å². The molecule has 0 fully saturated rings. The van der Waals surface area contributed by atoms with E-state index in [0.29, 0.717) is 21.1 Å². The number of sulfonamides is 1. The van der Waals surface area contributed by atoms with Crippen LogP contribution in [0.25, 0.3) is 0 Å². The summed E-state index contributed by atoms with van der Waals surface area (Å²) in [6, 6.07) is 8.93. The zero-order valence-electron chi connectivity index (χ0n) is 11.9. The van der Waals surface area contributed by atoms with Crippen LogP contribution < -0.4 is 10.0 Å². The Morgan fingerprint density at radius 3 is 2.57 bits per heavy atom. The summed E-state index contributed by atoms with van der Waals surface area (Å²) in [6.07, 6.45) is 0.847. The normalized spacial score (nSPS) is 14.2. The Bertz CT molecular complexity index is 887. The summed E-state index contributed by atoms with van der Waals surface area (Å²) in [5.41, 5.74) is 2.97. The van der Waals surface area contributed by atoms with Gasteiger partial charge in [-0.25, -0.2) is 13.6 Å². The van der Waals surface area contributed by atoms with E-state index >= 15 is 0 Å². The molecular formula is C15H13BrCl2N2O2S. The molecule has 23 heavy (non-hydrogen) atoms. The lowest BCUT2D eigenvalue weighted by Crippen LogP contribution is -2.20. The van der Waals surface area contributed by atoms with Gasteiger partial charge in [-0.1, -0.05) is 29.3 Å². The summed E-state index contributed by atoms with van der Waals surface area (Å²) in [7, 11) is -3.78. The van der Waals surface area contributed by atoms with E-state index in [1.807, 2.05) is 18.2 Å². The van der Waals surface area contributed by atoms with E-state index < -0.39 is 10.0 Å². The minimum absolute atomic E-state index is 0.0947. The van der Waals surface area contributed by atoms with Crippen molar-refractivity contribution < 1.29 is 8.42 Å². The molecule has 0 spiro atoms. The number of rotatable bonds is 3. The third-order valence-electron chi connectivity index (χ3n) is 3.79. The van der Waals surface area contributed by atoms with Gasteiger partial charge in [-0.05, 0) is 57.7 Å². The number of nitrogens with zero attached hydrogens (tertiary/aromatic N) is 1. The first-order valence-electron chi connectivity index (χ1n) is 6.80. The molecule has 0 saturated heterocycles. The molecule has 4 nitrogen and oxygen atoms in total. The average Bonchev–Trinajstić information content (AvgIpc) is 2.83. The van der Waals surface area contributed by atoms with Crippen LogP contribution in [-0.4, -0.2) is 15.0 Å². The van der Waals surface area contributed by atoms with Crippen LogP contribution in [0.2, 0.25) is 10.0 Å². The Morgan fingerprint density at radius 2 is 1.91 bits per heavy atom. The zero-order chi connectivity index (χ0) is 16.8. The second-order valence-corrected chi connectivity index (χ2v) is 8.57. The van der Waals surface area contributed by atoms with Gasteiger partial charge in [0.15, 0.2) is 0 Å². The molecule has 8 heteroatoms. The largest absolute Gasteiger partial charge is 0.367 e. The van der Waals surface area contributed by atoms with Crippen LogP contribution in [-0.2, 0) is 23.0 Å². The van der Waals surface area contributed by atoms with Crippen molar-refractivity contribution in [1.29, 1.82) is 0 Å². The molecule has 0 radical (unpaired) electrons. The first kappa shape index (κ1) is 17.0. The predicted molar refractivity (Wildman–Crippen MR) is 96.7 cm³/mol. The average molecular weight is 436 g/mol. The number of hydrogen-bond acceptors (Lipinski definition) is 3. The first-order chi connectivity index (χ1) is 10.8. The van der Waals surface area contributed by atoms with Crippen molar-refractivity contribution in [3.05, 3.63) is 56.0 Å². The van der Waals surface area contributed by atoms with Crippen LogP contribution in [0.1, 0.15) is 11.1 Å². The number of nitrogens with two attached hydrogens (primary N) is 1. The molecule has 2 aromatic rings. The van der Waals surface area contributed by atoms with Gasteiger partial charge in [0.2, 0.25) is 10.0 Å². The topological polar surface area (TPSA) is 63.4 Å². The number of halogens is 3. The summed E-state index contributed by atoms with van der Waals surface area (Å²) in [4.78, 5) is 2.20.